The number of amides is 1. The average Bonchev–Trinajstić information content (AvgIpc) is 3.52. The molecule has 3 atom stereocenters. The molecule has 11 nitrogen and oxygen atoms in total. The van der Waals surface area contributed by atoms with Crippen LogP contribution < -0.4 is 16.6 Å². The second-order valence-electron chi connectivity index (χ2n) is 9.05. The highest BCUT2D eigenvalue weighted by atomic mass is 16.5. The van der Waals surface area contributed by atoms with E-state index in [2.05, 4.69) is 38.5 Å². The lowest BCUT2D eigenvalue weighted by Gasteiger charge is -2.17. The number of nitrogen functional groups attached to an aromatic ring is 1. The molecule has 1 aliphatic carbocycles. The number of aromatic nitrogens is 4. The Morgan fingerprint density at radius 3 is 2.81 bits per heavy atom. The molecule has 1 amide bonds. The number of ether oxygens (including phenoxy) is 1. The molecule has 1 fully saturated rings. The van der Waals surface area contributed by atoms with E-state index in [9.17, 15) is 19.8 Å². The molecule has 6 N–H and O–H groups in total. The summed E-state index contributed by atoms with van der Waals surface area (Å²) in [4.78, 5) is 36.6. The smallest absolute Gasteiger partial charge is 0.280 e. The summed E-state index contributed by atoms with van der Waals surface area (Å²) in [5.41, 5.74) is 10.8. The van der Waals surface area contributed by atoms with Crippen LogP contribution in [0.15, 0.2) is 47.3 Å². The standard InChI is InChI=1S/C25H24N6O5/c26-24-29-22-21(23(35)30-24)28-25(31(22)20-10-17(33)18(11-32)36-20)27-19(34)9-13-5-3-7-15-14-6-2-1-4-12(14)8-16(13)15/h1-7,17-18,20,32-33H,8-11H2,(H,27,28,34)(H3,26,29,30,35)/t17-,18+,20+/m0/s1. The largest absolute Gasteiger partial charge is 0.394 e. The molecular weight excluding hydrogens is 464 g/mol. The summed E-state index contributed by atoms with van der Waals surface area (Å²) < 4.78 is 7.20. The second-order valence-corrected chi connectivity index (χ2v) is 9.05. The monoisotopic (exact) mass is 488 g/mol. The fourth-order valence-corrected chi connectivity index (χ4v) is 5.13. The average molecular weight is 489 g/mol. The van der Waals surface area contributed by atoms with E-state index in [1.54, 1.807) is 0 Å². The first kappa shape index (κ1) is 22.4. The van der Waals surface area contributed by atoms with E-state index in [4.69, 9.17) is 10.5 Å². The molecule has 1 aliphatic heterocycles. The number of carbonyl (C=O) groups is 1. The highest BCUT2D eigenvalue weighted by Crippen LogP contribution is 2.38. The first-order valence-corrected chi connectivity index (χ1v) is 11.6. The van der Waals surface area contributed by atoms with Gasteiger partial charge in [0, 0.05) is 6.42 Å². The minimum atomic E-state index is -0.936. The van der Waals surface area contributed by atoms with Gasteiger partial charge >= 0.3 is 0 Å². The number of hydrogen-bond donors (Lipinski definition) is 5. The van der Waals surface area contributed by atoms with Gasteiger partial charge in [-0.1, -0.05) is 42.5 Å². The van der Waals surface area contributed by atoms with Crippen LogP contribution in [0.3, 0.4) is 0 Å². The van der Waals surface area contributed by atoms with E-state index >= 15 is 0 Å². The van der Waals surface area contributed by atoms with E-state index < -0.39 is 24.0 Å². The SMILES string of the molecule is Nc1nc2c(nc(NC(=O)Cc3cccc4c3Cc3ccccc3-4)n2[C@H]2C[C@H](O)[C@@H](CO)O2)c(=O)[nH]1. The Labute approximate surface area is 204 Å². The molecule has 2 aliphatic rings. The van der Waals surface area contributed by atoms with Crippen LogP contribution >= 0.6 is 0 Å². The highest BCUT2D eigenvalue weighted by molar-refractivity contribution is 5.93. The fraction of sp³-hybridized carbons (Fsp3) is 0.280. The minimum Gasteiger partial charge on any atom is -0.394 e. The zero-order chi connectivity index (χ0) is 25.0. The van der Waals surface area contributed by atoms with Crippen LogP contribution in [0.2, 0.25) is 0 Å². The summed E-state index contributed by atoms with van der Waals surface area (Å²) in [6, 6.07) is 14.1. The van der Waals surface area contributed by atoms with Crippen molar-refractivity contribution in [3.63, 3.8) is 0 Å². The summed E-state index contributed by atoms with van der Waals surface area (Å²) in [6.07, 6.45) is -1.61. The van der Waals surface area contributed by atoms with Crippen LogP contribution in [-0.4, -0.2) is 54.5 Å². The van der Waals surface area contributed by atoms with E-state index in [1.807, 2.05) is 24.3 Å². The molecule has 0 saturated carbocycles. The fourth-order valence-electron chi connectivity index (χ4n) is 5.13. The van der Waals surface area contributed by atoms with Crippen molar-refractivity contribution in [3.05, 3.63) is 69.5 Å². The van der Waals surface area contributed by atoms with E-state index in [0.717, 1.165) is 23.1 Å². The van der Waals surface area contributed by atoms with Crippen molar-refractivity contribution in [1.82, 2.24) is 19.5 Å². The van der Waals surface area contributed by atoms with Crippen molar-refractivity contribution >= 4 is 29.0 Å². The van der Waals surface area contributed by atoms with Gasteiger partial charge in [0.25, 0.3) is 5.56 Å². The van der Waals surface area contributed by atoms with Gasteiger partial charge in [-0.25, -0.2) is 4.98 Å². The number of nitrogens with two attached hydrogens (primary N) is 1. The number of imidazole rings is 1. The normalized spacial score (nSPS) is 20.4. The molecule has 6 rings (SSSR count). The summed E-state index contributed by atoms with van der Waals surface area (Å²) >= 11 is 0. The number of benzene rings is 2. The van der Waals surface area contributed by atoms with Gasteiger partial charge in [-0.15, -0.1) is 0 Å². The van der Waals surface area contributed by atoms with Crippen LogP contribution in [0.4, 0.5) is 11.9 Å². The van der Waals surface area contributed by atoms with Gasteiger partial charge in [0.05, 0.1) is 19.1 Å². The van der Waals surface area contributed by atoms with Gasteiger partial charge in [-0.05, 0) is 34.2 Å². The number of aliphatic hydroxyl groups excluding tert-OH is 2. The quantitative estimate of drug-likeness (QED) is 0.245. The summed E-state index contributed by atoms with van der Waals surface area (Å²) in [5, 5.41) is 22.5. The Bertz CT molecular complexity index is 1560. The zero-order valence-electron chi connectivity index (χ0n) is 19.1. The number of rotatable bonds is 5. The van der Waals surface area contributed by atoms with Crippen LogP contribution in [0, 0.1) is 0 Å². The molecule has 36 heavy (non-hydrogen) atoms. The maximum Gasteiger partial charge on any atom is 0.280 e. The number of aliphatic hydroxyl groups is 2. The van der Waals surface area contributed by atoms with E-state index in [0.29, 0.717) is 0 Å². The molecule has 0 radical (unpaired) electrons. The van der Waals surface area contributed by atoms with E-state index in [1.165, 1.54) is 15.7 Å². The number of carbonyl (C=O) groups excluding carboxylic acids is 1. The van der Waals surface area contributed by atoms with Crippen LogP contribution in [0.5, 0.6) is 0 Å². The number of nitrogens with zero attached hydrogens (tertiary/aromatic N) is 3. The van der Waals surface area contributed by atoms with Gasteiger partial charge in [-0.2, -0.15) is 4.98 Å². The molecule has 2 aromatic carbocycles. The molecule has 11 heteroatoms. The topological polar surface area (TPSA) is 168 Å². The van der Waals surface area contributed by atoms with Crippen molar-refractivity contribution in [2.45, 2.75) is 37.7 Å². The maximum absolute atomic E-state index is 13.2. The Hall–Kier alpha value is -4.06. The predicted octanol–water partition coefficient (Wildman–Crippen LogP) is 1.09. The van der Waals surface area contributed by atoms with Gasteiger partial charge in [0.1, 0.15) is 12.3 Å². The van der Waals surface area contributed by atoms with Gasteiger partial charge in [0.2, 0.25) is 17.8 Å². The molecule has 0 spiro atoms. The lowest BCUT2D eigenvalue weighted by atomic mass is 9.99. The number of nitrogens with one attached hydrogen (secondary N) is 2. The predicted molar refractivity (Wildman–Crippen MR) is 131 cm³/mol. The minimum absolute atomic E-state index is 0.0268. The molecule has 2 aromatic heterocycles. The highest BCUT2D eigenvalue weighted by Gasteiger charge is 2.37. The second kappa shape index (κ2) is 8.55. The lowest BCUT2D eigenvalue weighted by molar-refractivity contribution is -0.115. The molecule has 0 unspecified atom stereocenters. The number of anilines is 2. The first-order chi connectivity index (χ1) is 17.4. The van der Waals surface area contributed by atoms with Crippen molar-refractivity contribution in [1.29, 1.82) is 0 Å². The van der Waals surface area contributed by atoms with E-state index in [-0.39, 0.29) is 48.4 Å². The molecule has 3 heterocycles. The first-order valence-electron chi connectivity index (χ1n) is 11.6. The van der Waals surface area contributed by atoms with Crippen LogP contribution in [0.25, 0.3) is 22.3 Å². The number of H-pyrrole nitrogens is 1. The Kier molecular flexibility index (Phi) is 5.32. The summed E-state index contributed by atoms with van der Waals surface area (Å²) in [5.74, 6) is -0.411. The summed E-state index contributed by atoms with van der Waals surface area (Å²) in [7, 11) is 0. The lowest BCUT2D eigenvalue weighted by Crippen LogP contribution is -2.24. The molecule has 184 valence electrons. The number of aromatic amines is 1. The van der Waals surface area contributed by atoms with Crippen LogP contribution in [-0.2, 0) is 22.4 Å². The Balaban J connectivity index is 1.33. The third-order valence-corrected chi connectivity index (χ3v) is 6.79. The van der Waals surface area contributed by atoms with Crippen molar-refractivity contribution in [2.24, 2.45) is 0 Å². The van der Waals surface area contributed by atoms with Crippen molar-refractivity contribution < 1.29 is 19.7 Å². The molecular formula is C25H24N6O5. The van der Waals surface area contributed by atoms with Crippen LogP contribution in [0.1, 0.15) is 29.3 Å². The number of hydrogen-bond acceptors (Lipinski definition) is 8. The van der Waals surface area contributed by atoms with Crippen molar-refractivity contribution in [3.8, 4) is 11.1 Å². The number of fused-ring (bicyclic) bond motifs is 4. The molecule has 1 saturated heterocycles. The Morgan fingerprint density at radius 1 is 1.19 bits per heavy atom. The Morgan fingerprint density at radius 2 is 2.00 bits per heavy atom. The summed E-state index contributed by atoms with van der Waals surface area (Å²) in [6.45, 7) is -0.385. The van der Waals surface area contributed by atoms with Gasteiger partial charge in [-0.3, -0.25) is 24.5 Å². The molecule has 0 bridgehead atoms. The van der Waals surface area contributed by atoms with Gasteiger partial charge in [0.15, 0.2) is 11.2 Å². The third kappa shape index (κ3) is 3.65. The molecule has 4 aromatic rings. The van der Waals surface area contributed by atoms with Crippen molar-refractivity contribution in [2.75, 3.05) is 17.7 Å². The third-order valence-electron chi connectivity index (χ3n) is 6.79. The maximum atomic E-state index is 13.2. The van der Waals surface area contributed by atoms with Gasteiger partial charge < -0.3 is 20.7 Å². The zero-order valence-corrected chi connectivity index (χ0v) is 19.1.